The van der Waals surface area contributed by atoms with E-state index in [0.717, 1.165) is 5.01 Å². The van der Waals surface area contributed by atoms with Crippen molar-refractivity contribution in [2.24, 2.45) is 5.92 Å². The van der Waals surface area contributed by atoms with Crippen molar-refractivity contribution in [3.63, 3.8) is 0 Å². The Morgan fingerprint density at radius 3 is 2.67 bits per heavy atom. The van der Waals surface area contributed by atoms with Crippen molar-refractivity contribution < 1.29 is 14.7 Å². The highest BCUT2D eigenvalue weighted by Gasteiger charge is 2.26. The van der Waals surface area contributed by atoms with Crippen molar-refractivity contribution in [2.45, 2.75) is 39.2 Å². The first-order valence-electron chi connectivity index (χ1n) is 5.74. The van der Waals surface area contributed by atoms with Crippen molar-refractivity contribution in [1.29, 1.82) is 0 Å². The van der Waals surface area contributed by atoms with Gasteiger partial charge in [0.2, 0.25) is 5.91 Å². The smallest absolute Gasteiger partial charge is 0.303 e. The summed E-state index contributed by atoms with van der Waals surface area (Å²) >= 11 is 1.48. The number of rotatable bonds is 6. The fourth-order valence-corrected chi connectivity index (χ4v) is 2.39. The molecule has 18 heavy (non-hydrogen) atoms. The molecule has 0 fully saturated rings. The third-order valence-corrected chi connectivity index (χ3v) is 3.57. The number of carboxylic acid groups (broad SMARTS) is 1. The van der Waals surface area contributed by atoms with Crippen LogP contribution in [0.2, 0.25) is 0 Å². The Balaban J connectivity index is 2.52. The fourth-order valence-electron chi connectivity index (χ4n) is 1.67. The Morgan fingerprint density at radius 2 is 2.17 bits per heavy atom. The van der Waals surface area contributed by atoms with Crippen molar-refractivity contribution in [2.75, 3.05) is 0 Å². The molecule has 6 heteroatoms. The van der Waals surface area contributed by atoms with Crippen molar-refractivity contribution in [1.82, 2.24) is 10.3 Å². The molecule has 1 heterocycles. The number of carbonyl (C=O) groups is 2. The number of nitrogens with one attached hydrogen (secondary N) is 1. The van der Waals surface area contributed by atoms with E-state index in [0.29, 0.717) is 0 Å². The number of thiazole rings is 1. The van der Waals surface area contributed by atoms with E-state index in [-0.39, 0.29) is 24.7 Å². The molecule has 0 saturated carbocycles. The predicted octanol–water partition coefficient (Wildman–Crippen LogP) is 2.00. The van der Waals surface area contributed by atoms with Gasteiger partial charge in [-0.2, -0.15) is 0 Å². The van der Waals surface area contributed by atoms with E-state index in [4.69, 9.17) is 5.11 Å². The van der Waals surface area contributed by atoms with Crippen LogP contribution >= 0.6 is 11.3 Å². The summed E-state index contributed by atoms with van der Waals surface area (Å²) in [6.07, 6.45) is 1.91. The van der Waals surface area contributed by atoms with Gasteiger partial charge in [-0.3, -0.25) is 9.59 Å². The number of carboxylic acids is 1. The number of amides is 1. The molecule has 1 atom stereocenters. The molecule has 1 aromatic heterocycles. The van der Waals surface area contributed by atoms with Crippen LogP contribution in [-0.2, 0) is 15.1 Å². The molecule has 2 N–H and O–H groups in total. The van der Waals surface area contributed by atoms with E-state index in [9.17, 15) is 9.59 Å². The molecule has 0 aliphatic heterocycles. The molecule has 1 amide bonds. The van der Waals surface area contributed by atoms with Gasteiger partial charge in [-0.05, 0) is 19.8 Å². The van der Waals surface area contributed by atoms with E-state index in [1.807, 2.05) is 19.2 Å². The molecule has 1 unspecified atom stereocenters. The van der Waals surface area contributed by atoms with Gasteiger partial charge >= 0.3 is 5.97 Å². The lowest BCUT2D eigenvalue weighted by Crippen LogP contribution is -2.41. The summed E-state index contributed by atoms with van der Waals surface area (Å²) in [6, 6.07) is 0. The Kier molecular flexibility index (Phi) is 4.84. The first-order valence-corrected chi connectivity index (χ1v) is 6.62. The Hall–Kier alpha value is -1.43. The van der Waals surface area contributed by atoms with E-state index in [1.54, 1.807) is 13.1 Å². The maximum Gasteiger partial charge on any atom is 0.303 e. The van der Waals surface area contributed by atoms with Crippen molar-refractivity contribution in [3.05, 3.63) is 16.6 Å². The topological polar surface area (TPSA) is 79.3 Å². The van der Waals surface area contributed by atoms with Gasteiger partial charge in [0.15, 0.2) is 0 Å². The Labute approximate surface area is 110 Å². The maximum absolute atomic E-state index is 11.8. The number of aliphatic carboxylic acids is 1. The monoisotopic (exact) mass is 270 g/mol. The zero-order valence-corrected chi connectivity index (χ0v) is 11.6. The van der Waals surface area contributed by atoms with Gasteiger partial charge in [0, 0.05) is 24.4 Å². The quantitative estimate of drug-likeness (QED) is 0.828. The largest absolute Gasteiger partial charge is 0.481 e. The third kappa shape index (κ3) is 4.44. The zero-order valence-electron chi connectivity index (χ0n) is 10.8. The molecule has 5 nitrogen and oxygen atoms in total. The molecule has 1 rings (SSSR count). The van der Waals surface area contributed by atoms with Gasteiger partial charge < -0.3 is 10.4 Å². The molecule has 0 aliphatic carbocycles. The summed E-state index contributed by atoms with van der Waals surface area (Å²) in [4.78, 5) is 26.5. The second-order valence-electron chi connectivity index (χ2n) is 4.92. The summed E-state index contributed by atoms with van der Waals surface area (Å²) in [7, 11) is 0. The van der Waals surface area contributed by atoms with Gasteiger partial charge in [0.1, 0.15) is 5.01 Å². The van der Waals surface area contributed by atoms with E-state index < -0.39 is 11.5 Å². The number of carbonyl (C=O) groups excluding carboxylic acids is 1. The minimum Gasteiger partial charge on any atom is -0.481 e. The van der Waals surface area contributed by atoms with Crippen LogP contribution in [-0.4, -0.2) is 22.0 Å². The lowest BCUT2D eigenvalue weighted by molar-refractivity contribution is -0.138. The number of nitrogens with zero attached hydrogens (tertiary/aromatic N) is 1. The fraction of sp³-hybridized carbons (Fsp3) is 0.583. The van der Waals surface area contributed by atoms with Crippen LogP contribution in [0.4, 0.5) is 0 Å². The molecule has 1 aromatic rings. The van der Waals surface area contributed by atoms with Gasteiger partial charge in [-0.15, -0.1) is 11.3 Å². The highest BCUT2D eigenvalue weighted by atomic mass is 32.1. The van der Waals surface area contributed by atoms with Crippen LogP contribution in [0.1, 0.15) is 38.6 Å². The van der Waals surface area contributed by atoms with Crippen LogP contribution in [0.5, 0.6) is 0 Å². The second-order valence-corrected chi connectivity index (χ2v) is 5.81. The number of hydrogen-bond acceptors (Lipinski definition) is 4. The predicted molar refractivity (Wildman–Crippen MR) is 69.3 cm³/mol. The van der Waals surface area contributed by atoms with E-state index in [1.165, 1.54) is 11.3 Å². The lowest BCUT2D eigenvalue weighted by atomic mass is 10.0. The van der Waals surface area contributed by atoms with Gasteiger partial charge in [0.25, 0.3) is 0 Å². The molecule has 0 aliphatic rings. The lowest BCUT2D eigenvalue weighted by Gasteiger charge is -2.24. The number of hydrogen-bond donors (Lipinski definition) is 2. The van der Waals surface area contributed by atoms with Crippen LogP contribution in [0.3, 0.4) is 0 Å². The van der Waals surface area contributed by atoms with Crippen LogP contribution < -0.4 is 5.32 Å². The summed E-state index contributed by atoms with van der Waals surface area (Å²) < 4.78 is 0. The summed E-state index contributed by atoms with van der Waals surface area (Å²) in [5, 5.41) is 14.2. The normalized spacial score (nSPS) is 13.1. The Morgan fingerprint density at radius 1 is 1.50 bits per heavy atom. The Bertz CT molecular complexity index is 415. The van der Waals surface area contributed by atoms with E-state index >= 15 is 0 Å². The maximum atomic E-state index is 11.8. The molecule has 0 spiro atoms. The SMILES string of the molecule is CC(CC(=O)O)CC(=O)NC(C)(C)c1nccs1. The van der Waals surface area contributed by atoms with Crippen molar-refractivity contribution in [3.8, 4) is 0 Å². The first-order chi connectivity index (χ1) is 8.31. The molecule has 0 bridgehead atoms. The number of aromatic nitrogens is 1. The first kappa shape index (κ1) is 14.6. The molecule has 0 radical (unpaired) electrons. The van der Waals surface area contributed by atoms with Crippen LogP contribution in [0, 0.1) is 5.92 Å². The average Bonchev–Trinajstić information content (AvgIpc) is 2.66. The van der Waals surface area contributed by atoms with Crippen molar-refractivity contribution >= 4 is 23.2 Å². The molecule has 0 saturated heterocycles. The zero-order chi connectivity index (χ0) is 13.8. The van der Waals surface area contributed by atoms with Gasteiger partial charge in [0.05, 0.1) is 5.54 Å². The minimum absolute atomic E-state index is 0.00506. The summed E-state index contributed by atoms with van der Waals surface area (Å²) in [5.74, 6) is -1.20. The molecule has 100 valence electrons. The van der Waals surface area contributed by atoms with Crippen LogP contribution in [0.15, 0.2) is 11.6 Å². The van der Waals surface area contributed by atoms with Crippen LogP contribution in [0.25, 0.3) is 0 Å². The second kappa shape index (κ2) is 5.95. The molecule has 0 aromatic carbocycles. The highest BCUT2D eigenvalue weighted by molar-refractivity contribution is 7.09. The standard InChI is InChI=1S/C12H18N2O3S/c1-8(7-10(16)17)6-9(15)14-12(2,3)11-13-4-5-18-11/h4-5,8H,6-7H2,1-3H3,(H,14,15)(H,16,17). The summed E-state index contributed by atoms with van der Waals surface area (Å²) in [5.41, 5.74) is -0.520. The van der Waals surface area contributed by atoms with Gasteiger partial charge in [-0.1, -0.05) is 6.92 Å². The van der Waals surface area contributed by atoms with E-state index in [2.05, 4.69) is 10.3 Å². The third-order valence-electron chi connectivity index (χ3n) is 2.48. The average molecular weight is 270 g/mol. The minimum atomic E-state index is -0.880. The molecular weight excluding hydrogens is 252 g/mol. The molecular formula is C12H18N2O3S. The summed E-state index contributed by atoms with van der Waals surface area (Å²) in [6.45, 7) is 5.52. The van der Waals surface area contributed by atoms with Gasteiger partial charge in [-0.25, -0.2) is 4.98 Å². The highest BCUT2D eigenvalue weighted by Crippen LogP contribution is 2.22.